The summed E-state index contributed by atoms with van der Waals surface area (Å²) in [6.07, 6.45) is -0.738. The Morgan fingerprint density at radius 2 is 1.69 bits per heavy atom. The molecule has 12 nitrogen and oxygen atoms in total. The summed E-state index contributed by atoms with van der Waals surface area (Å²) in [6, 6.07) is 5.81. The molecule has 0 aliphatic carbocycles. The molecular weight excluding hydrogens is 598 g/mol. The smallest absolute Gasteiger partial charge is 0.246 e. The molecule has 1 aliphatic heterocycles. The highest BCUT2D eigenvalue weighted by Crippen LogP contribution is 2.29. The van der Waals surface area contributed by atoms with Gasteiger partial charge in [-0.1, -0.05) is 45.0 Å². The molecule has 3 rings (SSSR count). The van der Waals surface area contributed by atoms with E-state index < -0.39 is 35.4 Å². The third-order valence-electron chi connectivity index (χ3n) is 7.53. The molecule has 250 valence electrons. The van der Waals surface area contributed by atoms with Crippen LogP contribution in [0.1, 0.15) is 51.4 Å². The first-order chi connectivity index (χ1) is 21.4. The second-order valence-electron chi connectivity index (χ2n) is 12.3. The van der Waals surface area contributed by atoms with Crippen LogP contribution in [-0.2, 0) is 28.6 Å². The van der Waals surface area contributed by atoms with Gasteiger partial charge in [0.1, 0.15) is 18.7 Å². The van der Waals surface area contributed by atoms with Crippen molar-refractivity contribution in [3.05, 3.63) is 41.0 Å². The van der Waals surface area contributed by atoms with Gasteiger partial charge >= 0.3 is 0 Å². The molecule has 2 aromatic rings. The van der Waals surface area contributed by atoms with Crippen LogP contribution in [0.3, 0.4) is 0 Å². The van der Waals surface area contributed by atoms with Crippen LogP contribution in [0.15, 0.2) is 29.8 Å². The van der Waals surface area contributed by atoms with E-state index in [9.17, 15) is 19.5 Å². The van der Waals surface area contributed by atoms with Gasteiger partial charge in [0.25, 0.3) is 0 Å². The van der Waals surface area contributed by atoms with E-state index in [1.807, 2.05) is 71.4 Å². The van der Waals surface area contributed by atoms with Crippen LogP contribution in [0.2, 0.25) is 0 Å². The zero-order chi connectivity index (χ0) is 33.0. The molecule has 1 aromatic carbocycles. The van der Waals surface area contributed by atoms with Crippen molar-refractivity contribution in [1.29, 1.82) is 0 Å². The number of thiazole rings is 1. The maximum atomic E-state index is 13.8. The minimum atomic E-state index is -0.930. The minimum Gasteiger partial charge on any atom is -0.391 e. The van der Waals surface area contributed by atoms with Crippen molar-refractivity contribution >= 4 is 29.1 Å². The monoisotopic (exact) mass is 647 g/mol. The molecule has 1 fully saturated rings. The summed E-state index contributed by atoms with van der Waals surface area (Å²) < 4.78 is 16.2. The van der Waals surface area contributed by atoms with E-state index in [4.69, 9.17) is 14.2 Å². The molecule has 1 aliphatic rings. The van der Waals surface area contributed by atoms with Gasteiger partial charge in [-0.05, 0) is 37.4 Å². The first-order valence-electron chi connectivity index (χ1n) is 15.4. The van der Waals surface area contributed by atoms with Crippen LogP contribution >= 0.6 is 11.3 Å². The van der Waals surface area contributed by atoms with E-state index in [-0.39, 0.29) is 38.1 Å². The fourth-order valence-electron chi connectivity index (χ4n) is 5.00. The summed E-state index contributed by atoms with van der Waals surface area (Å²) in [7, 11) is 1.86. The molecule has 2 unspecified atom stereocenters. The number of ether oxygens (including phenoxy) is 3. The number of aryl methyl sites for hydroxylation is 1. The topological polar surface area (TPSA) is 151 Å². The van der Waals surface area contributed by atoms with E-state index in [1.54, 1.807) is 11.3 Å². The Hall–Kier alpha value is -2.94. The van der Waals surface area contributed by atoms with Gasteiger partial charge in [-0.2, -0.15) is 0 Å². The van der Waals surface area contributed by atoms with E-state index in [2.05, 4.69) is 20.9 Å². The maximum absolute atomic E-state index is 13.8. The third-order valence-corrected chi connectivity index (χ3v) is 8.51. The van der Waals surface area contributed by atoms with Crippen LogP contribution in [0.5, 0.6) is 0 Å². The lowest BCUT2D eigenvalue weighted by atomic mass is 9.85. The molecule has 4 N–H and O–H groups in total. The van der Waals surface area contributed by atoms with Gasteiger partial charge in [-0.3, -0.25) is 14.4 Å². The summed E-state index contributed by atoms with van der Waals surface area (Å²) in [5.41, 5.74) is 4.09. The fraction of sp³-hybridized carbons (Fsp3) is 0.625. The van der Waals surface area contributed by atoms with Crippen LogP contribution in [0.4, 0.5) is 0 Å². The summed E-state index contributed by atoms with van der Waals surface area (Å²) in [4.78, 5) is 46.8. The summed E-state index contributed by atoms with van der Waals surface area (Å²) in [5, 5.41) is 19.3. The number of aromatic nitrogens is 1. The van der Waals surface area contributed by atoms with E-state index in [0.717, 1.165) is 28.2 Å². The molecule has 1 saturated heterocycles. The highest BCUT2D eigenvalue weighted by Gasteiger charge is 2.44. The van der Waals surface area contributed by atoms with Crippen molar-refractivity contribution in [2.75, 3.05) is 59.8 Å². The van der Waals surface area contributed by atoms with Gasteiger partial charge in [-0.15, -0.1) is 11.3 Å². The van der Waals surface area contributed by atoms with Gasteiger partial charge in [0.15, 0.2) is 0 Å². The van der Waals surface area contributed by atoms with Crippen LogP contribution in [-0.4, -0.2) is 111 Å². The normalized spacial score (nSPS) is 18.1. The quantitative estimate of drug-likeness (QED) is 0.189. The summed E-state index contributed by atoms with van der Waals surface area (Å²) >= 11 is 1.58. The number of aliphatic hydroxyl groups is 1. The fourth-order valence-corrected chi connectivity index (χ4v) is 5.81. The largest absolute Gasteiger partial charge is 0.391 e. The number of nitrogens with zero attached hydrogens (tertiary/aromatic N) is 2. The predicted octanol–water partition coefficient (Wildman–Crippen LogP) is 2.06. The Labute approximate surface area is 270 Å². The number of hydrogen-bond acceptors (Lipinski definition) is 10. The molecular formula is C32H49N5O7S. The summed E-state index contributed by atoms with van der Waals surface area (Å²) in [6.45, 7) is 11.9. The second kappa shape index (κ2) is 17.7. The van der Waals surface area contributed by atoms with E-state index in [0.29, 0.717) is 26.4 Å². The van der Waals surface area contributed by atoms with Crippen molar-refractivity contribution in [2.45, 2.75) is 65.3 Å². The van der Waals surface area contributed by atoms with Crippen molar-refractivity contribution in [2.24, 2.45) is 5.41 Å². The van der Waals surface area contributed by atoms with Crippen molar-refractivity contribution in [1.82, 2.24) is 25.8 Å². The number of rotatable bonds is 17. The zero-order valence-electron chi connectivity index (χ0n) is 27.3. The van der Waals surface area contributed by atoms with Crippen molar-refractivity contribution in [3.8, 4) is 10.4 Å². The molecule has 45 heavy (non-hydrogen) atoms. The van der Waals surface area contributed by atoms with Crippen molar-refractivity contribution in [3.63, 3.8) is 0 Å². The van der Waals surface area contributed by atoms with Gasteiger partial charge in [-0.25, -0.2) is 4.98 Å². The molecule has 0 radical (unpaired) electrons. The Bertz CT molecular complexity index is 1230. The lowest BCUT2D eigenvalue weighted by Crippen LogP contribution is -2.58. The highest BCUT2D eigenvalue weighted by atomic mass is 32.1. The molecule has 4 atom stereocenters. The van der Waals surface area contributed by atoms with E-state index >= 15 is 0 Å². The lowest BCUT2D eigenvalue weighted by molar-refractivity contribution is -0.144. The molecule has 13 heteroatoms. The molecule has 3 amide bonds. The lowest BCUT2D eigenvalue weighted by Gasteiger charge is -2.35. The minimum absolute atomic E-state index is 0.00313. The number of β-amino-alcohol motifs (C(OH)–C–C–N with tert-alkyl or cyclic N) is 1. The zero-order valence-corrected chi connectivity index (χ0v) is 28.1. The number of amides is 3. The van der Waals surface area contributed by atoms with Crippen LogP contribution < -0.4 is 16.0 Å². The van der Waals surface area contributed by atoms with Gasteiger partial charge < -0.3 is 40.2 Å². The molecule has 0 spiro atoms. The highest BCUT2D eigenvalue weighted by molar-refractivity contribution is 7.13. The number of likely N-dealkylation sites (N-methyl/N-ethyl adjacent to an activating group) is 1. The first kappa shape index (κ1) is 36.5. The number of nitrogens with one attached hydrogen (secondary N) is 3. The second-order valence-corrected chi connectivity index (χ2v) is 13.1. The van der Waals surface area contributed by atoms with Gasteiger partial charge in [0.05, 0.1) is 61.3 Å². The Balaban J connectivity index is 1.53. The van der Waals surface area contributed by atoms with Crippen molar-refractivity contribution < 1.29 is 33.7 Å². The van der Waals surface area contributed by atoms with Crippen LogP contribution in [0.25, 0.3) is 10.4 Å². The number of hydrogen-bond donors (Lipinski definition) is 4. The van der Waals surface area contributed by atoms with Crippen LogP contribution in [0, 0.1) is 12.3 Å². The molecule has 1 aromatic heterocycles. The summed E-state index contributed by atoms with van der Waals surface area (Å²) in [5.74, 6) is -1.24. The third kappa shape index (κ3) is 11.1. The predicted molar refractivity (Wildman–Crippen MR) is 173 cm³/mol. The van der Waals surface area contributed by atoms with Gasteiger partial charge in [0.2, 0.25) is 17.7 Å². The number of aliphatic hydroxyl groups excluding tert-OH is 1. The average molecular weight is 648 g/mol. The number of likely N-dealkylation sites (tertiary alicyclic amines) is 1. The first-order valence-corrected chi connectivity index (χ1v) is 16.3. The van der Waals surface area contributed by atoms with E-state index in [1.165, 1.54) is 4.90 Å². The molecule has 0 saturated carbocycles. The molecule has 0 bridgehead atoms. The average Bonchev–Trinajstić information content (AvgIpc) is 3.61. The number of benzene rings is 1. The Morgan fingerprint density at radius 1 is 1.04 bits per heavy atom. The maximum Gasteiger partial charge on any atom is 0.246 e. The standard InChI is InChI=1S/C32H49N5O7S/c1-21(23-7-9-24(10-8-23)28-22(2)34-20-45-28)35-30(40)26-17-25(38)18-37(26)31(41)29(32(3,4)5)36-27(39)19-44-16-15-43-14-13-42-12-11-33-6/h7-10,20-21,25-26,29,33,38H,11-19H2,1-6H3,(H,35,40)(H,36,39)/t21-,25?,26?,29+/m0/s1. The Morgan fingerprint density at radius 3 is 2.29 bits per heavy atom. The number of carbonyl (C=O) groups is 3. The Kier molecular flexibility index (Phi) is 14.3. The molecule has 2 heterocycles. The van der Waals surface area contributed by atoms with Gasteiger partial charge in [0, 0.05) is 19.5 Å². The number of carbonyl (C=O) groups excluding carboxylic acids is 3. The SMILES string of the molecule is CNCCOCCOCCOCC(=O)N[C@H](C(=O)N1CC(O)CC1C(=O)N[C@@H](C)c1ccc(-c2scnc2C)cc1)C(C)(C)C.